The van der Waals surface area contributed by atoms with Gasteiger partial charge in [-0.2, -0.15) is 0 Å². The van der Waals surface area contributed by atoms with E-state index in [1.807, 2.05) is 0 Å². The van der Waals surface area contributed by atoms with Crippen molar-refractivity contribution in [1.82, 2.24) is 0 Å². The summed E-state index contributed by atoms with van der Waals surface area (Å²) >= 11 is 2.77. The van der Waals surface area contributed by atoms with Gasteiger partial charge in [-0.3, -0.25) is 4.79 Å². The van der Waals surface area contributed by atoms with Crippen LogP contribution < -0.4 is 0 Å². The molecule has 5 heteroatoms. The van der Waals surface area contributed by atoms with Gasteiger partial charge in [0.2, 0.25) is 4.69 Å². The van der Waals surface area contributed by atoms with Gasteiger partial charge in [-0.05, 0) is 78.6 Å². The summed E-state index contributed by atoms with van der Waals surface area (Å²) in [6.45, 7) is 1.87. The Hall–Kier alpha value is -0.420. The first-order valence-electron chi connectivity index (χ1n) is 7.45. The highest BCUT2D eigenvalue weighted by Gasteiger charge is 2.56. The summed E-state index contributed by atoms with van der Waals surface area (Å²) in [6.07, 6.45) is 6.21. The van der Waals surface area contributed by atoms with E-state index in [1.165, 1.54) is 32.1 Å². The highest BCUT2D eigenvalue weighted by molar-refractivity contribution is 9.18. The minimum absolute atomic E-state index is 0.0944. The molecule has 0 heterocycles. The second-order valence-electron chi connectivity index (χ2n) is 6.81. The van der Waals surface area contributed by atoms with Gasteiger partial charge < -0.3 is 9.47 Å². The van der Waals surface area contributed by atoms with Crippen molar-refractivity contribution in [3.8, 4) is 0 Å². The molecule has 4 nitrogen and oxygen atoms in total. The van der Waals surface area contributed by atoms with Crippen molar-refractivity contribution < 1.29 is 19.1 Å². The molecule has 4 rings (SSSR count). The molecule has 20 heavy (non-hydrogen) atoms. The van der Waals surface area contributed by atoms with Crippen LogP contribution in [0.15, 0.2) is 0 Å². The first-order chi connectivity index (χ1) is 9.47. The molecular formula is C15H21BrO4. The number of halogens is 1. The minimum atomic E-state index is -0.339. The molecule has 4 fully saturated rings. The molecule has 4 bridgehead atoms. The fourth-order valence-corrected chi connectivity index (χ4v) is 4.94. The quantitative estimate of drug-likeness (QED) is 0.568. The summed E-state index contributed by atoms with van der Waals surface area (Å²) < 4.78 is 10.6. The number of rotatable bonds is 5. The van der Waals surface area contributed by atoms with Crippen LogP contribution in [0.1, 0.15) is 39.0 Å². The summed E-state index contributed by atoms with van der Waals surface area (Å²) in [4.78, 5) is 22.7. The van der Waals surface area contributed by atoms with Crippen molar-refractivity contribution >= 4 is 26.6 Å². The number of hydrogen-bond acceptors (Lipinski definition) is 4. The van der Waals surface area contributed by atoms with Gasteiger partial charge in [0.25, 0.3) is 0 Å². The van der Waals surface area contributed by atoms with E-state index in [0.29, 0.717) is 11.8 Å². The lowest BCUT2D eigenvalue weighted by Gasteiger charge is -2.59. The predicted octanol–water partition coefficient (Wildman–Crippen LogP) is 2.68. The Morgan fingerprint density at radius 2 is 1.60 bits per heavy atom. The van der Waals surface area contributed by atoms with E-state index < -0.39 is 0 Å². The monoisotopic (exact) mass is 344 g/mol. The molecule has 0 amide bonds. The number of carbonyl (C=O) groups is 2. The molecule has 0 N–H and O–H groups in total. The Morgan fingerprint density at radius 1 is 1.05 bits per heavy atom. The van der Waals surface area contributed by atoms with Gasteiger partial charge >= 0.3 is 5.97 Å². The van der Waals surface area contributed by atoms with Crippen LogP contribution in [0.25, 0.3) is 0 Å². The SMILES string of the molecule is CC1(OC(=O)COCC(=O)Br)C2CC3CC(C2)CC1C3. The van der Waals surface area contributed by atoms with Crippen LogP contribution in [0.3, 0.4) is 0 Å². The molecule has 0 unspecified atom stereocenters. The van der Waals surface area contributed by atoms with Crippen molar-refractivity contribution in [3.05, 3.63) is 0 Å². The van der Waals surface area contributed by atoms with Gasteiger partial charge in [0.1, 0.15) is 18.8 Å². The minimum Gasteiger partial charge on any atom is -0.457 e. The average Bonchev–Trinajstić information content (AvgIpc) is 2.34. The fourth-order valence-electron chi connectivity index (χ4n) is 4.78. The summed E-state index contributed by atoms with van der Waals surface area (Å²) in [6, 6.07) is 0. The van der Waals surface area contributed by atoms with Gasteiger partial charge in [0.15, 0.2) is 0 Å². The van der Waals surface area contributed by atoms with Crippen LogP contribution in [-0.4, -0.2) is 29.5 Å². The molecule has 4 aliphatic rings. The van der Waals surface area contributed by atoms with E-state index in [9.17, 15) is 9.59 Å². The summed E-state index contributed by atoms with van der Waals surface area (Å²) in [5, 5.41) is 0. The summed E-state index contributed by atoms with van der Waals surface area (Å²) in [5.41, 5.74) is -0.313. The van der Waals surface area contributed by atoms with Crippen LogP contribution in [0.4, 0.5) is 0 Å². The number of hydrogen-bond donors (Lipinski definition) is 0. The van der Waals surface area contributed by atoms with Crippen LogP contribution in [0.5, 0.6) is 0 Å². The Bertz CT molecular complexity index is 392. The molecule has 0 aromatic carbocycles. The number of ether oxygens (including phenoxy) is 2. The molecule has 0 aromatic heterocycles. The molecule has 0 saturated heterocycles. The zero-order valence-electron chi connectivity index (χ0n) is 11.8. The zero-order chi connectivity index (χ0) is 14.3. The van der Waals surface area contributed by atoms with Crippen LogP contribution in [-0.2, 0) is 19.1 Å². The summed E-state index contributed by atoms with van der Waals surface area (Å²) in [7, 11) is 0. The Labute approximate surface area is 127 Å². The zero-order valence-corrected chi connectivity index (χ0v) is 13.4. The topological polar surface area (TPSA) is 52.6 Å². The number of esters is 1. The molecule has 0 aliphatic heterocycles. The van der Waals surface area contributed by atoms with E-state index in [0.717, 1.165) is 11.8 Å². The molecule has 0 aromatic rings. The highest BCUT2D eigenvalue weighted by atomic mass is 79.9. The van der Waals surface area contributed by atoms with E-state index in [-0.39, 0.29) is 29.5 Å². The van der Waals surface area contributed by atoms with Crippen LogP contribution >= 0.6 is 15.9 Å². The standard InChI is InChI=1S/C15H21BrO4/c1-15(20-14(18)8-19-7-13(16)17)11-3-9-2-10(5-11)6-12(15)4-9/h9-12H,2-8H2,1H3. The first kappa shape index (κ1) is 14.5. The lowest BCUT2D eigenvalue weighted by Crippen LogP contribution is -2.58. The second kappa shape index (κ2) is 5.41. The van der Waals surface area contributed by atoms with Crippen molar-refractivity contribution in [2.75, 3.05) is 13.2 Å². The Kier molecular flexibility index (Phi) is 3.93. The van der Waals surface area contributed by atoms with Crippen molar-refractivity contribution in [3.63, 3.8) is 0 Å². The van der Waals surface area contributed by atoms with Crippen LogP contribution in [0, 0.1) is 23.7 Å². The summed E-state index contributed by atoms with van der Waals surface area (Å²) in [5.74, 6) is 2.40. The molecule has 4 saturated carbocycles. The maximum atomic E-state index is 11.9. The molecule has 0 radical (unpaired) electrons. The normalized spacial score (nSPS) is 41.7. The van der Waals surface area contributed by atoms with Crippen molar-refractivity contribution in [2.45, 2.75) is 44.6 Å². The van der Waals surface area contributed by atoms with Gasteiger partial charge in [-0.1, -0.05) is 0 Å². The second-order valence-corrected chi connectivity index (χ2v) is 7.69. The predicted molar refractivity (Wildman–Crippen MR) is 76.3 cm³/mol. The van der Waals surface area contributed by atoms with Crippen LogP contribution in [0.2, 0.25) is 0 Å². The van der Waals surface area contributed by atoms with Crippen molar-refractivity contribution in [2.24, 2.45) is 23.7 Å². The first-order valence-corrected chi connectivity index (χ1v) is 8.24. The smallest absolute Gasteiger partial charge is 0.332 e. The molecular weight excluding hydrogens is 324 g/mol. The van der Waals surface area contributed by atoms with E-state index in [2.05, 4.69) is 22.9 Å². The maximum Gasteiger partial charge on any atom is 0.332 e. The van der Waals surface area contributed by atoms with Gasteiger partial charge in [-0.25, -0.2) is 4.79 Å². The van der Waals surface area contributed by atoms with Gasteiger partial charge in [-0.15, -0.1) is 0 Å². The highest BCUT2D eigenvalue weighted by Crippen LogP contribution is 2.59. The maximum absolute atomic E-state index is 11.9. The van der Waals surface area contributed by atoms with Crippen molar-refractivity contribution in [1.29, 1.82) is 0 Å². The molecule has 112 valence electrons. The fraction of sp³-hybridized carbons (Fsp3) is 0.867. The Balaban J connectivity index is 1.58. The molecule has 4 aliphatic carbocycles. The molecule has 0 spiro atoms. The lowest BCUT2D eigenvalue weighted by atomic mass is 9.50. The average molecular weight is 345 g/mol. The number of carbonyl (C=O) groups excluding carboxylic acids is 2. The van der Waals surface area contributed by atoms with Gasteiger partial charge in [0, 0.05) is 0 Å². The lowest BCUT2D eigenvalue weighted by molar-refractivity contribution is -0.206. The van der Waals surface area contributed by atoms with E-state index in [4.69, 9.17) is 9.47 Å². The van der Waals surface area contributed by atoms with E-state index in [1.54, 1.807) is 0 Å². The molecule has 0 atom stereocenters. The Morgan fingerprint density at radius 3 is 2.10 bits per heavy atom. The van der Waals surface area contributed by atoms with E-state index >= 15 is 0 Å². The third-order valence-electron chi connectivity index (χ3n) is 5.53. The third-order valence-corrected chi connectivity index (χ3v) is 5.76. The third kappa shape index (κ3) is 2.67. The van der Waals surface area contributed by atoms with Gasteiger partial charge in [0.05, 0.1) is 0 Å². The largest absolute Gasteiger partial charge is 0.457 e.